The second-order valence-corrected chi connectivity index (χ2v) is 6.75. The minimum Gasteiger partial charge on any atom is -0.537 e. The van der Waals surface area contributed by atoms with Gasteiger partial charge in [-0.3, -0.25) is 4.98 Å². The quantitative estimate of drug-likeness (QED) is 0.394. The van der Waals surface area contributed by atoms with Gasteiger partial charge < -0.3 is 9.68 Å². The molecule has 0 saturated heterocycles. The van der Waals surface area contributed by atoms with Crippen molar-refractivity contribution in [2.45, 2.75) is 13.1 Å². The molecule has 0 aliphatic heterocycles. The highest BCUT2D eigenvalue weighted by Crippen LogP contribution is 2.18. The molecular formula is C23H21BN3O2+2. The first kappa shape index (κ1) is 18.8. The topological polar surface area (TPSA) is 50.1 Å². The largest absolute Gasteiger partial charge is 0.569 e. The zero-order chi connectivity index (χ0) is 19.9. The molecule has 0 aliphatic rings. The van der Waals surface area contributed by atoms with Gasteiger partial charge in [0.25, 0.3) is 0 Å². The van der Waals surface area contributed by atoms with E-state index in [9.17, 15) is 0 Å². The molecule has 0 unspecified atom stereocenters. The Bertz CT molecular complexity index is 1060. The van der Waals surface area contributed by atoms with Crippen molar-refractivity contribution in [3.8, 4) is 16.9 Å². The van der Waals surface area contributed by atoms with Crippen LogP contribution in [0.2, 0.25) is 0 Å². The molecule has 0 atom stereocenters. The standard InChI is InChI=1S/C23H21BN3O2/c28-24-29-23-15-19(17-26-10-2-1-3-11-26)14-20(16-23)18-27-12-6-22(7-13-27)21-4-8-25-9-5-21/h1-16,28H,17-18H2/q+2. The number of hydrogen-bond donors (Lipinski definition) is 1. The van der Waals surface area contributed by atoms with Gasteiger partial charge in [0.05, 0.1) is 0 Å². The molecule has 0 spiro atoms. The van der Waals surface area contributed by atoms with Crippen molar-refractivity contribution >= 4 is 7.69 Å². The van der Waals surface area contributed by atoms with E-state index in [-0.39, 0.29) is 0 Å². The summed E-state index contributed by atoms with van der Waals surface area (Å²) in [5.41, 5.74) is 4.49. The molecule has 5 nitrogen and oxygen atoms in total. The highest BCUT2D eigenvalue weighted by molar-refractivity contribution is 6.17. The van der Waals surface area contributed by atoms with Crippen molar-refractivity contribution in [2.24, 2.45) is 0 Å². The zero-order valence-electron chi connectivity index (χ0n) is 15.9. The van der Waals surface area contributed by atoms with E-state index in [1.165, 1.54) is 0 Å². The number of pyridine rings is 3. The Balaban J connectivity index is 1.55. The lowest BCUT2D eigenvalue weighted by Gasteiger charge is -2.07. The second kappa shape index (κ2) is 9.12. The Labute approximate surface area is 170 Å². The number of rotatable bonds is 7. The Kier molecular flexibility index (Phi) is 5.93. The molecule has 6 heteroatoms. The van der Waals surface area contributed by atoms with Gasteiger partial charge in [-0.25, -0.2) is 9.13 Å². The van der Waals surface area contributed by atoms with Gasteiger partial charge in [0.2, 0.25) is 0 Å². The van der Waals surface area contributed by atoms with Crippen LogP contribution in [0.3, 0.4) is 0 Å². The molecule has 0 fully saturated rings. The molecule has 1 aromatic carbocycles. The van der Waals surface area contributed by atoms with Crippen LogP contribution in [0.25, 0.3) is 11.1 Å². The third kappa shape index (κ3) is 5.06. The predicted octanol–water partition coefficient (Wildman–Crippen LogP) is 2.33. The van der Waals surface area contributed by atoms with Crippen molar-refractivity contribution < 1.29 is 18.8 Å². The van der Waals surface area contributed by atoms with Crippen LogP contribution in [-0.4, -0.2) is 17.7 Å². The number of hydrogen-bond acceptors (Lipinski definition) is 3. The van der Waals surface area contributed by atoms with E-state index in [1.807, 2.05) is 54.9 Å². The zero-order valence-corrected chi connectivity index (χ0v) is 15.9. The Morgan fingerprint density at radius 2 is 1.34 bits per heavy atom. The van der Waals surface area contributed by atoms with Gasteiger partial charge in [-0.1, -0.05) is 6.07 Å². The summed E-state index contributed by atoms with van der Waals surface area (Å²) >= 11 is 0. The maximum atomic E-state index is 9.06. The van der Waals surface area contributed by atoms with E-state index >= 15 is 0 Å². The van der Waals surface area contributed by atoms with Crippen LogP contribution in [0.1, 0.15) is 11.1 Å². The lowest BCUT2D eigenvalue weighted by atomic mass is 10.1. The fourth-order valence-corrected chi connectivity index (χ4v) is 3.30. The average Bonchev–Trinajstić information content (AvgIpc) is 2.76. The van der Waals surface area contributed by atoms with Crippen molar-refractivity contribution in [2.75, 3.05) is 0 Å². The molecule has 0 amide bonds. The summed E-state index contributed by atoms with van der Waals surface area (Å²) in [6, 6.07) is 20.2. The molecule has 29 heavy (non-hydrogen) atoms. The summed E-state index contributed by atoms with van der Waals surface area (Å²) in [5.74, 6) is 0.616. The van der Waals surface area contributed by atoms with Crippen LogP contribution in [-0.2, 0) is 13.1 Å². The first-order chi connectivity index (χ1) is 14.3. The molecule has 4 aromatic rings. The maximum Gasteiger partial charge on any atom is 0.569 e. The molecular weight excluding hydrogens is 361 g/mol. The highest BCUT2D eigenvalue weighted by atomic mass is 16.5. The van der Waals surface area contributed by atoms with E-state index < -0.39 is 0 Å². The summed E-state index contributed by atoms with van der Waals surface area (Å²) in [5, 5.41) is 9.06. The summed E-state index contributed by atoms with van der Waals surface area (Å²) in [4.78, 5) is 4.07. The van der Waals surface area contributed by atoms with Crippen LogP contribution in [0, 0.1) is 0 Å². The van der Waals surface area contributed by atoms with Crippen LogP contribution >= 0.6 is 0 Å². The SMILES string of the molecule is O[B]Oc1cc(C[n+]2ccccc2)cc(C[n+]2ccc(-c3ccncc3)cc2)c1. The van der Waals surface area contributed by atoms with Crippen LogP contribution in [0.5, 0.6) is 5.75 Å². The summed E-state index contributed by atoms with van der Waals surface area (Å²) in [6.07, 6.45) is 11.8. The third-order valence-electron chi connectivity index (χ3n) is 4.63. The molecule has 0 saturated carbocycles. The van der Waals surface area contributed by atoms with Crippen molar-refractivity contribution in [3.63, 3.8) is 0 Å². The summed E-state index contributed by atoms with van der Waals surface area (Å²) in [6.45, 7) is 1.42. The smallest absolute Gasteiger partial charge is 0.537 e. The molecule has 3 aromatic heterocycles. The molecule has 1 N–H and O–H groups in total. The Morgan fingerprint density at radius 3 is 1.97 bits per heavy atom. The van der Waals surface area contributed by atoms with Gasteiger partial charge in [0.15, 0.2) is 37.9 Å². The first-order valence-electron chi connectivity index (χ1n) is 9.39. The minimum atomic E-state index is 0.616. The predicted molar refractivity (Wildman–Crippen MR) is 110 cm³/mol. The van der Waals surface area contributed by atoms with Crippen molar-refractivity contribution in [1.29, 1.82) is 0 Å². The van der Waals surface area contributed by atoms with Crippen LogP contribution in [0.15, 0.2) is 97.8 Å². The van der Waals surface area contributed by atoms with Crippen LogP contribution < -0.4 is 13.8 Å². The van der Waals surface area contributed by atoms with Crippen molar-refractivity contribution in [1.82, 2.24) is 4.98 Å². The van der Waals surface area contributed by atoms with Gasteiger partial charge in [0.1, 0.15) is 5.75 Å². The molecule has 3 heterocycles. The molecule has 4 rings (SSSR count). The van der Waals surface area contributed by atoms with E-state index in [1.54, 1.807) is 12.4 Å². The normalized spacial score (nSPS) is 10.5. The minimum absolute atomic E-state index is 0.616. The average molecular weight is 382 g/mol. The first-order valence-corrected chi connectivity index (χ1v) is 9.39. The van der Waals surface area contributed by atoms with Gasteiger partial charge in [-0.15, -0.1) is 0 Å². The monoisotopic (exact) mass is 382 g/mol. The summed E-state index contributed by atoms with van der Waals surface area (Å²) < 4.78 is 9.46. The number of aromatic nitrogens is 3. The Morgan fingerprint density at radius 1 is 0.759 bits per heavy atom. The van der Waals surface area contributed by atoms with Gasteiger partial charge in [-0.2, -0.15) is 0 Å². The van der Waals surface area contributed by atoms with E-state index in [2.05, 4.69) is 44.7 Å². The molecule has 1 radical (unpaired) electrons. The Hall–Kier alpha value is -3.51. The van der Waals surface area contributed by atoms with Crippen LogP contribution in [0.4, 0.5) is 0 Å². The van der Waals surface area contributed by atoms with Gasteiger partial charge in [-0.05, 0) is 41.5 Å². The fourth-order valence-electron chi connectivity index (χ4n) is 3.30. The molecule has 0 bridgehead atoms. The van der Waals surface area contributed by atoms with E-state index in [0.29, 0.717) is 12.3 Å². The lowest BCUT2D eigenvalue weighted by molar-refractivity contribution is -0.689. The van der Waals surface area contributed by atoms with E-state index in [0.717, 1.165) is 36.5 Å². The molecule has 141 valence electrons. The van der Waals surface area contributed by atoms with Gasteiger partial charge in [0, 0.05) is 47.8 Å². The number of benzene rings is 1. The van der Waals surface area contributed by atoms with E-state index in [4.69, 9.17) is 9.68 Å². The summed E-state index contributed by atoms with van der Waals surface area (Å²) in [7, 11) is 0.717. The van der Waals surface area contributed by atoms with Gasteiger partial charge >= 0.3 is 7.69 Å². The highest BCUT2D eigenvalue weighted by Gasteiger charge is 2.11. The number of nitrogens with zero attached hydrogens (tertiary/aromatic N) is 3. The second-order valence-electron chi connectivity index (χ2n) is 6.75. The lowest BCUT2D eigenvalue weighted by Crippen LogP contribution is -2.34. The third-order valence-corrected chi connectivity index (χ3v) is 4.63. The molecule has 0 aliphatic carbocycles. The van der Waals surface area contributed by atoms with Crippen molar-refractivity contribution in [3.05, 3.63) is 109 Å². The fraction of sp³-hybridized carbons (Fsp3) is 0.0870. The maximum absolute atomic E-state index is 9.06.